The number of benzene rings is 2. The summed E-state index contributed by atoms with van der Waals surface area (Å²) in [6, 6.07) is 11.5. The van der Waals surface area contributed by atoms with Gasteiger partial charge in [-0.3, -0.25) is 0 Å². The van der Waals surface area contributed by atoms with E-state index >= 15 is 0 Å². The van der Waals surface area contributed by atoms with Gasteiger partial charge in [0.1, 0.15) is 0 Å². The van der Waals surface area contributed by atoms with Crippen LogP contribution in [0.4, 0.5) is 0 Å². The van der Waals surface area contributed by atoms with E-state index in [0.717, 1.165) is 27.8 Å². The molecular weight excluding hydrogens is 898 g/mol. The molecule has 0 fully saturated rings. The van der Waals surface area contributed by atoms with Crippen LogP contribution in [0.1, 0.15) is 65.9 Å². The molecule has 0 spiro atoms. The number of aliphatic hydroxyl groups excluding tert-OH is 2. The van der Waals surface area contributed by atoms with Crippen LogP contribution in [0.2, 0.25) is 0 Å². The van der Waals surface area contributed by atoms with Crippen molar-refractivity contribution in [3.63, 3.8) is 0 Å². The van der Waals surface area contributed by atoms with Gasteiger partial charge in [-0.25, -0.2) is 4.79 Å². The zero-order valence-corrected chi connectivity index (χ0v) is 30.3. The molecule has 0 bridgehead atoms. The van der Waals surface area contributed by atoms with Crippen molar-refractivity contribution in [1.29, 1.82) is 0 Å². The van der Waals surface area contributed by atoms with Crippen molar-refractivity contribution >= 4 is 34.1 Å². The van der Waals surface area contributed by atoms with E-state index in [9.17, 15) is 15.0 Å². The Hall–Kier alpha value is 0.933. The fourth-order valence-corrected chi connectivity index (χ4v) is 4.63. The van der Waals surface area contributed by atoms with Gasteiger partial charge in [-0.1, -0.05) is 80.0 Å². The van der Waals surface area contributed by atoms with Crippen LogP contribution >= 0.6 is 15.9 Å². The van der Waals surface area contributed by atoms with Crippen LogP contribution in [0.25, 0.3) is 12.2 Å². The first-order valence-corrected chi connectivity index (χ1v) is 11.1. The van der Waals surface area contributed by atoms with Crippen LogP contribution in [0.3, 0.4) is 0 Å². The van der Waals surface area contributed by atoms with Crippen molar-refractivity contribution in [3.8, 4) is 0 Å². The fraction of sp³-hybridized carbons (Fsp3) is 0.400. The van der Waals surface area contributed by atoms with E-state index in [-0.39, 0.29) is 94.1 Å². The van der Waals surface area contributed by atoms with Crippen LogP contribution in [0, 0.1) is 88.1 Å². The van der Waals surface area contributed by atoms with Crippen LogP contribution in [0.5, 0.6) is 0 Å². The molecule has 2 aromatic carbocycles. The van der Waals surface area contributed by atoms with Gasteiger partial charge in [-0.05, 0) is 39.9 Å². The van der Waals surface area contributed by atoms with Gasteiger partial charge in [-0.15, -0.1) is 0 Å². The zero-order chi connectivity index (χ0) is 22.3. The molecule has 1 aliphatic carbocycles. The molecule has 4 nitrogen and oxygen atoms in total. The third-order valence-electron chi connectivity index (χ3n) is 6.38. The third-order valence-corrected chi connectivity index (χ3v) is 6.98. The Bertz CT molecular complexity index is 984. The molecule has 7 heteroatoms. The van der Waals surface area contributed by atoms with E-state index < -0.39 is 23.0 Å². The van der Waals surface area contributed by atoms with Gasteiger partial charge < -0.3 is 14.9 Å². The summed E-state index contributed by atoms with van der Waals surface area (Å²) in [5.41, 5.74) is 4.65. The number of alkyl halides is 1. The molecule has 0 heterocycles. The minimum atomic E-state index is -0.850. The SMILES string of the molecule is COC(=O)c1ccc(/C=C/c2cc3c(cc2CBr)C(C)(C)C(O)C(O)C3(C)C)cc1.[Ac].[Ac]. The number of carbonyl (C=O) groups excluding carboxylic acids is 1. The van der Waals surface area contributed by atoms with Gasteiger partial charge in [-0.2, -0.15) is 0 Å². The van der Waals surface area contributed by atoms with Crippen molar-refractivity contribution in [1.82, 2.24) is 0 Å². The Morgan fingerprint density at radius 2 is 1.47 bits per heavy atom. The summed E-state index contributed by atoms with van der Waals surface area (Å²) in [6.07, 6.45) is 2.36. The second kappa shape index (κ2) is 12.3. The van der Waals surface area contributed by atoms with Crippen molar-refractivity contribution < 1.29 is 108 Å². The Balaban J connectivity index is 0.00000256. The fourth-order valence-electron chi connectivity index (χ4n) is 4.14. The molecule has 2 aromatic rings. The summed E-state index contributed by atoms with van der Waals surface area (Å²) in [5, 5.41) is 22.2. The van der Waals surface area contributed by atoms with E-state index in [1.165, 1.54) is 7.11 Å². The molecule has 166 valence electrons. The summed E-state index contributed by atoms with van der Waals surface area (Å²) in [7, 11) is 1.37. The molecule has 0 saturated carbocycles. The number of rotatable bonds is 4. The first-order chi connectivity index (χ1) is 14.0. The summed E-state index contributed by atoms with van der Waals surface area (Å²) in [6.45, 7) is 7.90. The number of hydrogen-bond donors (Lipinski definition) is 2. The molecular formula is C25H29Ac2BrO4. The van der Waals surface area contributed by atoms with Gasteiger partial charge in [0.05, 0.1) is 24.9 Å². The van der Waals surface area contributed by atoms with Gasteiger partial charge in [0.25, 0.3) is 0 Å². The first kappa shape index (κ1) is 31.0. The summed E-state index contributed by atoms with van der Waals surface area (Å²) < 4.78 is 4.74. The predicted octanol–water partition coefficient (Wildman–Crippen LogP) is 4.83. The van der Waals surface area contributed by atoms with Gasteiger partial charge in [0.15, 0.2) is 0 Å². The molecule has 32 heavy (non-hydrogen) atoms. The first-order valence-electron chi connectivity index (χ1n) is 10.0. The molecule has 0 aliphatic heterocycles. The monoisotopic (exact) mass is 926 g/mol. The Morgan fingerprint density at radius 3 is 1.94 bits per heavy atom. The number of hydrogen-bond acceptors (Lipinski definition) is 4. The van der Waals surface area contributed by atoms with Crippen molar-refractivity contribution in [2.75, 3.05) is 7.11 Å². The maximum absolute atomic E-state index is 11.6. The topological polar surface area (TPSA) is 66.8 Å². The number of aliphatic hydroxyl groups is 2. The van der Waals surface area contributed by atoms with E-state index in [4.69, 9.17) is 4.74 Å². The van der Waals surface area contributed by atoms with Crippen LogP contribution < -0.4 is 0 Å². The maximum atomic E-state index is 11.6. The van der Waals surface area contributed by atoms with Crippen molar-refractivity contribution in [2.45, 2.75) is 56.1 Å². The third kappa shape index (κ3) is 6.01. The number of esters is 1. The van der Waals surface area contributed by atoms with Crippen LogP contribution in [-0.4, -0.2) is 35.5 Å². The largest absolute Gasteiger partial charge is 0.465 e. The van der Waals surface area contributed by atoms with Gasteiger partial charge in [0, 0.05) is 104 Å². The maximum Gasteiger partial charge on any atom is 0.337 e. The van der Waals surface area contributed by atoms with Gasteiger partial charge in [0.2, 0.25) is 0 Å². The Kier molecular flexibility index (Phi) is 11.9. The normalized spacial score (nSPS) is 20.6. The zero-order valence-electron chi connectivity index (χ0n) is 19.2. The predicted molar refractivity (Wildman–Crippen MR) is 124 cm³/mol. The molecule has 0 saturated heterocycles. The average molecular weight is 927 g/mol. The van der Waals surface area contributed by atoms with Gasteiger partial charge >= 0.3 is 5.97 Å². The molecule has 2 unspecified atom stereocenters. The number of halogens is 1. The van der Waals surface area contributed by atoms with Crippen molar-refractivity contribution in [2.24, 2.45) is 0 Å². The number of ether oxygens (including phenoxy) is 1. The minimum Gasteiger partial charge on any atom is -0.465 e. The quantitative estimate of drug-likeness (QED) is 0.263. The summed E-state index contributed by atoms with van der Waals surface area (Å²) >= 11 is 3.59. The molecule has 0 aromatic heterocycles. The number of methoxy groups -OCH3 is 1. The average Bonchev–Trinajstić information content (AvgIpc) is 2.74. The van der Waals surface area contributed by atoms with Crippen LogP contribution in [0.15, 0.2) is 36.4 Å². The molecule has 1 aliphatic rings. The summed E-state index contributed by atoms with van der Waals surface area (Å²) in [4.78, 5) is 11.6. The second-order valence-corrected chi connectivity index (χ2v) is 9.57. The minimum absolute atomic E-state index is 0. The molecule has 2 N–H and O–H groups in total. The van der Waals surface area contributed by atoms with E-state index in [1.807, 2.05) is 52.0 Å². The Labute approximate surface area is 270 Å². The molecule has 2 radical (unpaired) electrons. The van der Waals surface area contributed by atoms with E-state index in [0.29, 0.717) is 10.9 Å². The molecule has 0 amide bonds. The van der Waals surface area contributed by atoms with Crippen LogP contribution in [-0.2, 0) is 20.9 Å². The Morgan fingerprint density at radius 1 is 0.969 bits per heavy atom. The molecule has 2 atom stereocenters. The van der Waals surface area contributed by atoms with Crippen molar-refractivity contribution in [3.05, 3.63) is 69.8 Å². The standard InChI is InChI=1S/C25H29BrO4.2Ac/c1-24(2)19-12-17(11-8-15-6-9-16(10-7-15)23(29)30-5)18(14-26)13-20(19)25(3,4)22(28)21(24)27;;/h6-13,21-22,27-28H,14H2,1-5H3;;/b11-8+;;. The van der Waals surface area contributed by atoms with E-state index in [2.05, 4.69) is 28.1 Å². The van der Waals surface area contributed by atoms with E-state index in [1.54, 1.807) is 12.1 Å². The number of fused-ring (bicyclic) bond motifs is 1. The smallest absolute Gasteiger partial charge is 0.337 e. The molecule has 3 rings (SSSR count). The number of carbonyl (C=O) groups is 1. The second-order valence-electron chi connectivity index (χ2n) is 9.01. The summed E-state index contributed by atoms with van der Waals surface area (Å²) in [5.74, 6) is -0.354.